The Kier molecular flexibility index (Phi) is 7.14. The molecular formula is C49H32N2O. The van der Waals surface area contributed by atoms with Crippen molar-refractivity contribution in [2.75, 3.05) is 4.90 Å². The average Bonchev–Trinajstić information content (AvgIpc) is 3.58. The molecule has 0 amide bonds. The molecule has 0 spiro atoms. The number of furan rings is 1. The molecule has 0 bridgehead atoms. The number of aromatic nitrogens is 1. The summed E-state index contributed by atoms with van der Waals surface area (Å²) in [6, 6.07) is 65.3. The topological polar surface area (TPSA) is 29.3 Å². The summed E-state index contributed by atoms with van der Waals surface area (Å²) in [4.78, 5) is 6.72. The van der Waals surface area contributed by atoms with Crippen LogP contribution < -0.4 is 4.90 Å². The smallest absolute Gasteiger partial charge is 0.138 e. The molecule has 0 radical (unpaired) electrons. The standard InChI is InChI=1S/C49H32N2O/c1-3-10-33(11-4-1)37-16-9-17-41(27-37)51(42-21-20-38-29-46-47-32-50-25-24-48(47)52-49(46)30-40(38)28-42)43-22-23-44(45(31-43)35-13-5-2-6-14-35)39-19-18-34-12-7-8-15-36(34)26-39/h1-32H. The average molecular weight is 665 g/mol. The highest BCUT2D eigenvalue weighted by molar-refractivity contribution is 6.10. The van der Waals surface area contributed by atoms with Crippen molar-refractivity contribution in [1.29, 1.82) is 0 Å². The summed E-state index contributed by atoms with van der Waals surface area (Å²) in [7, 11) is 0. The highest BCUT2D eigenvalue weighted by atomic mass is 16.3. The van der Waals surface area contributed by atoms with Crippen molar-refractivity contribution in [1.82, 2.24) is 4.98 Å². The fourth-order valence-electron chi connectivity index (χ4n) is 7.53. The zero-order valence-electron chi connectivity index (χ0n) is 28.3. The van der Waals surface area contributed by atoms with E-state index >= 15 is 0 Å². The van der Waals surface area contributed by atoms with Crippen LogP contribution >= 0.6 is 0 Å². The van der Waals surface area contributed by atoms with Crippen LogP contribution in [0.5, 0.6) is 0 Å². The van der Waals surface area contributed by atoms with E-state index in [9.17, 15) is 0 Å². The third kappa shape index (κ3) is 5.28. The molecule has 0 fully saturated rings. The summed E-state index contributed by atoms with van der Waals surface area (Å²) in [5, 5.41) is 6.83. The molecule has 0 atom stereocenters. The SMILES string of the molecule is c1ccc(-c2cccc(N(c3ccc(-c4ccc5ccccc5c4)c(-c4ccccc4)c3)c3ccc4cc5c(cc4c3)oc3ccncc35)c2)cc1. The zero-order valence-corrected chi connectivity index (χ0v) is 28.3. The Hall–Kier alpha value is -6.97. The maximum atomic E-state index is 6.29. The van der Waals surface area contributed by atoms with E-state index in [1.54, 1.807) is 6.20 Å². The third-order valence-corrected chi connectivity index (χ3v) is 10.1. The van der Waals surface area contributed by atoms with E-state index in [0.29, 0.717) is 0 Å². The largest absolute Gasteiger partial charge is 0.456 e. The van der Waals surface area contributed by atoms with Crippen LogP contribution in [0.15, 0.2) is 199 Å². The van der Waals surface area contributed by atoms with Gasteiger partial charge in [0.1, 0.15) is 11.2 Å². The second-order valence-electron chi connectivity index (χ2n) is 13.3. The van der Waals surface area contributed by atoms with Crippen molar-refractivity contribution in [2.24, 2.45) is 0 Å². The van der Waals surface area contributed by atoms with E-state index in [1.165, 1.54) is 38.6 Å². The van der Waals surface area contributed by atoms with Gasteiger partial charge < -0.3 is 9.32 Å². The number of anilines is 3. The first kappa shape index (κ1) is 29.9. The molecule has 3 nitrogen and oxygen atoms in total. The summed E-state index contributed by atoms with van der Waals surface area (Å²) in [5.74, 6) is 0. The maximum absolute atomic E-state index is 6.29. The fraction of sp³-hybridized carbons (Fsp3) is 0. The van der Waals surface area contributed by atoms with Crippen molar-refractivity contribution in [3.8, 4) is 33.4 Å². The van der Waals surface area contributed by atoms with E-state index in [4.69, 9.17) is 4.42 Å². The molecule has 0 saturated heterocycles. The molecule has 0 unspecified atom stereocenters. The summed E-state index contributed by atoms with van der Waals surface area (Å²) in [6.07, 6.45) is 3.66. The van der Waals surface area contributed by atoms with Gasteiger partial charge in [0.05, 0.1) is 0 Å². The zero-order chi connectivity index (χ0) is 34.4. The Morgan fingerprint density at radius 3 is 1.92 bits per heavy atom. The van der Waals surface area contributed by atoms with Crippen molar-refractivity contribution in [3.05, 3.63) is 194 Å². The van der Waals surface area contributed by atoms with Crippen LogP contribution in [-0.4, -0.2) is 4.98 Å². The van der Waals surface area contributed by atoms with Crippen LogP contribution in [0, 0.1) is 0 Å². The van der Waals surface area contributed by atoms with E-state index in [2.05, 4.69) is 186 Å². The first-order chi connectivity index (χ1) is 25.7. The number of fused-ring (bicyclic) bond motifs is 5. The predicted octanol–water partition coefficient (Wildman–Crippen LogP) is 13.8. The molecule has 0 saturated carbocycles. The van der Waals surface area contributed by atoms with Gasteiger partial charge >= 0.3 is 0 Å². The molecule has 244 valence electrons. The Labute approximate surface area is 301 Å². The van der Waals surface area contributed by atoms with Crippen molar-refractivity contribution in [3.63, 3.8) is 0 Å². The molecule has 0 aliphatic rings. The van der Waals surface area contributed by atoms with Crippen LogP contribution in [0.3, 0.4) is 0 Å². The minimum atomic E-state index is 0.847. The van der Waals surface area contributed by atoms with Gasteiger partial charge in [-0.05, 0) is 116 Å². The first-order valence-electron chi connectivity index (χ1n) is 17.6. The fourth-order valence-corrected chi connectivity index (χ4v) is 7.53. The van der Waals surface area contributed by atoms with E-state index in [-0.39, 0.29) is 0 Å². The van der Waals surface area contributed by atoms with Gasteiger partial charge in [-0.15, -0.1) is 0 Å². The van der Waals surface area contributed by atoms with Gasteiger partial charge in [0.25, 0.3) is 0 Å². The van der Waals surface area contributed by atoms with E-state index in [1.807, 2.05) is 12.3 Å². The molecule has 3 heteroatoms. The van der Waals surface area contributed by atoms with Crippen molar-refractivity contribution in [2.45, 2.75) is 0 Å². The molecule has 0 aliphatic heterocycles. The second kappa shape index (κ2) is 12.4. The van der Waals surface area contributed by atoms with Crippen LogP contribution in [0.2, 0.25) is 0 Å². The quantitative estimate of drug-likeness (QED) is 0.177. The molecule has 2 aromatic heterocycles. The molecule has 10 rings (SSSR count). The Morgan fingerprint density at radius 1 is 0.365 bits per heavy atom. The molecule has 8 aromatic carbocycles. The van der Waals surface area contributed by atoms with Gasteiger partial charge in [0, 0.05) is 40.2 Å². The number of pyridine rings is 1. The maximum Gasteiger partial charge on any atom is 0.138 e. The first-order valence-corrected chi connectivity index (χ1v) is 17.6. The number of nitrogens with zero attached hydrogens (tertiary/aromatic N) is 2. The summed E-state index contributed by atoms with van der Waals surface area (Å²) < 4.78 is 6.29. The Bertz CT molecular complexity index is 2910. The lowest BCUT2D eigenvalue weighted by Gasteiger charge is -2.27. The van der Waals surface area contributed by atoms with Crippen molar-refractivity contribution < 1.29 is 4.42 Å². The normalized spacial score (nSPS) is 11.5. The minimum absolute atomic E-state index is 0.847. The lowest BCUT2D eigenvalue weighted by atomic mass is 9.92. The van der Waals surface area contributed by atoms with Gasteiger partial charge in [0.15, 0.2) is 0 Å². The molecule has 0 N–H and O–H groups in total. The van der Waals surface area contributed by atoms with Crippen LogP contribution in [0.1, 0.15) is 0 Å². The van der Waals surface area contributed by atoms with Gasteiger partial charge in [0.2, 0.25) is 0 Å². The highest BCUT2D eigenvalue weighted by Crippen LogP contribution is 2.43. The van der Waals surface area contributed by atoms with Gasteiger partial charge in [-0.2, -0.15) is 0 Å². The Balaban J connectivity index is 1.18. The summed E-state index contributed by atoms with van der Waals surface area (Å²) in [6.45, 7) is 0. The molecule has 52 heavy (non-hydrogen) atoms. The highest BCUT2D eigenvalue weighted by Gasteiger charge is 2.18. The summed E-state index contributed by atoms with van der Waals surface area (Å²) >= 11 is 0. The lowest BCUT2D eigenvalue weighted by molar-refractivity contribution is 0.669. The number of hydrogen-bond acceptors (Lipinski definition) is 3. The van der Waals surface area contributed by atoms with E-state index < -0.39 is 0 Å². The Morgan fingerprint density at radius 2 is 1.06 bits per heavy atom. The van der Waals surface area contributed by atoms with Gasteiger partial charge in [-0.1, -0.05) is 121 Å². The van der Waals surface area contributed by atoms with Crippen LogP contribution in [0.25, 0.3) is 76.9 Å². The predicted molar refractivity (Wildman–Crippen MR) is 218 cm³/mol. The van der Waals surface area contributed by atoms with Crippen LogP contribution in [-0.2, 0) is 0 Å². The third-order valence-electron chi connectivity index (χ3n) is 10.1. The minimum Gasteiger partial charge on any atom is -0.456 e. The van der Waals surface area contributed by atoms with Gasteiger partial charge in [-0.25, -0.2) is 0 Å². The van der Waals surface area contributed by atoms with Crippen LogP contribution in [0.4, 0.5) is 17.1 Å². The molecule has 0 aliphatic carbocycles. The summed E-state index contributed by atoms with van der Waals surface area (Å²) in [5.41, 5.74) is 12.0. The van der Waals surface area contributed by atoms with E-state index in [0.717, 1.165) is 55.3 Å². The number of rotatable bonds is 6. The lowest BCUT2D eigenvalue weighted by Crippen LogP contribution is -2.10. The second-order valence-corrected chi connectivity index (χ2v) is 13.3. The molecule has 2 heterocycles. The van der Waals surface area contributed by atoms with Crippen molar-refractivity contribution >= 4 is 60.5 Å². The molecule has 10 aromatic rings. The van der Waals surface area contributed by atoms with Gasteiger partial charge in [-0.3, -0.25) is 4.98 Å². The number of benzene rings is 8. The monoisotopic (exact) mass is 664 g/mol. The number of hydrogen-bond donors (Lipinski definition) is 0. The molecular weight excluding hydrogens is 633 g/mol.